The van der Waals surface area contributed by atoms with Crippen LogP contribution in [0.4, 0.5) is 4.79 Å². The number of amides is 1. The maximum atomic E-state index is 11.8. The van der Waals surface area contributed by atoms with Gasteiger partial charge in [-0.1, -0.05) is 29.8 Å². The highest BCUT2D eigenvalue weighted by molar-refractivity contribution is 7.90. The molecule has 0 unspecified atom stereocenters. The highest BCUT2D eigenvalue weighted by Gasteiger charge is 2.17. The summed E-state index contributed by atoms with van der Waals surface area (Å²) < 4.78 is 30.2. The summed E-state index contributed by atoms with van der Waals surface area (Å²) in [4.78, 5) is 11.4. The Morgan fingerprint density at radius 3 is 2.53 bits per heavy atom. The minimum absolute atomic E-state index is 0.0310. The van der Waals surface area contributed by atoms with Gasteiger partial charge in [-0.2, -0.15) is 0 Å². The Bertz CT molecular complexity index is 547. The summed E-state index contributed by atoms with van der Waals surface area (Å²) in [6.07, 6.45) is 3.23. The first-order chi connectivity index (χ1) is 8.95. The number of aryl methyl sites for hydroxylation is 1. The second kappa shape index (κ2) is 6.94. The Morgan fingerprint density at radius 1 is 1.32 bits per heavy atom. The molecule has 1 aromatic rings. The van der Waals surface area contributed by atoms with E-state index in [4.69, 9.17) is 4.74 Å². The van der Waals surface area contributed by atoms with Crippen molar-refractivity contribution in [1.29, 1.82) is 0 Å². The van der Waals surface area contributed by atoms with Crippen molar-refractivity contribution in [1.82, 2.24) is 4.72 Å². The third-order valence-corrected chi connectivity index (χ3v) is 3.63. The first-order valence-electron chi connectivity index (χ1n) is 5.83. The molecule has 0 aliphatic rings. The Labute approximate surface area is 113 Å². The van der Waals surface area contributed by atoms with Crippen molar-refractivity contribution in [2.75, 3.05) is 6.61 Å². The molecule has 0 saturated heterocycles. The smallest absolute Gasteiger partial charge is 0.421 e. The van der Waals surface area contributed by atoms with Gasteiger partial charge in [0.15, 0.2) is 0 Å². The maximum absolute atomic E-state index is 11.8. The second-order valence-corrected chi connectivity index (χ2v) is 5.59. The van der Waals surface area contributed by atoms with Gasteiger partial charge in [0.05, 0.1) is 11.5 Å². The Balaban J connectivity index is 2.59. The van der Waals surface area contributed by atoms with Crippen molar-refractivity contribution in [2.24, 2.45) is 0 Å². The van der Waals surface area contributed by atoms with Gasteiger partial charge < -0.3 is 4.74 Å². The number of nitrogens with one attached hydrogen (secondary N) is 1. The Morgan fingerprint density at radius 2 is 1.95 bits per heavy atom. The minimum Gasteiger partial charge on any atom is -0.449 e. The largest absolute Gasteiger partial charge is 0.449 e. The number of benzene rings is 1. The summed E-state index contributed by atoms with van der Waals surface area (Å²) in [5.41, 5.74) is 0.938. The number of hydrogen-bond acceptors (Lipinski definition) is 4. The Kier molecular flexibility index (Phi) is 5.57. The van der Waals surface area contributed by atoms with E-state index in [1.54, 1.807) is 12.1 Å². The molecule has 19 heavy (non-hydrogen) atoms. The van der Waals surface area contributed by atoms with E-state index in [2.05, 4.69) is 0 Å². The number of carbonyl (C=O) groups is 1. The van der Waals surface area contributed by atoms with Crippen molar-refractivity contribution in [3.05, 3.63) is 42.0 Å². The molecule has 0 fully saturated rings. The van der Waals surface area contributed by atoms with E-state index in [0.717, 1.165) is 5.56 Å². The number of rotatable bonds is 5. The van der Waals surface area contributed by atoms with Crippen molar-refractivity contribution >= 4 is 16.1 Å². The molecule has 0 atom stereocenters. The van der Waals surface area contributed by atoms with Crippen LogP contribution in [0.1, 0.15) is 18.9 Å². The van der Waals surface area contributed by atoms with Gasteiger partial charge in [-0.25, -0.2) is 17.9 Å². The summed E-state index contributed by atoms with van der Waals surface area (Å²) in [5.74, 6) is 0. The normalized spacial score (nSPS) is 11.5. The van der Waals surface area contributed by atoms with Crippen molar-refractivity contribution in [2.45, 2.75) is 25.2 Å². The quantitative estimate of drug-likeness (QED) is 0.665. The predicted octanol–water partition coefficient (Wildman–Crippen LogP) is 2.38. The van der Waals surface area contributed by atoms with Gasteiger partial charge >= 0.3 is 6.09 Å². The van der Waals surface area contributed by atoms with E-state index < -0.39 is 16.1 Å². The van der Waals surface area contributed by atoms with Crippen LogP contribution in [0.3, 0.4) is 0 Å². The van der Waals surface area contributed by atoms with Crippen molar-refractivity contribution in [3.8, 4) is 0 Å². The first kappa shape index (κ1) is 15.2. The summed E-state index contributed by atoms with van der Waals surface area (Å²) in [6.45, 7) is 3.83. The average molecular weight is 283 g/mol. The zero-order valence-corrected chi connectivity index (χ0v) is 11.7. The van der Waals surface area contributed by atoms with Crippen molar-refractivity contribution < 1.29 is 17.9 Å². The van der Waals surface area contributed by atoms with Gasteiger partial charge in [-0.05, 0) is 32.4 Å². The summed E-state index contributed by atoms with van der Waals surface area (Å²) in [5, 5.41) is 0. The molecule has 0 radical (unpaired) electrons. The van der Waals surface area contributed by atoms with E-state index in [1.807, 2.05) is 30.7 Å². The predicted molar refractivity (Wildman–Crippen MR) is 72.3 cm³/mol. The van der Waals surface area contributed by atoms with E-state index >= 15 is 0 Å². The second-order valence-electron chi connectivity index (χ2n) is 3.91. The molecule has 0 spiro atoms. The minimum atomic E-state index is -3.86. The van der Waals surface area contributed by atoms with E-state index in [0.29, 0.717) is 6.42 Å². The van der Waals surface area contributed by atoms with Gasteiger partial charge in [0.1, 0.15) is 0 Å². The monoisotopic (exact) mass is 283 g/mol. The fourth-order valence-electron chi connectivity index (χ4n) is 1.30. The van der Waals surface area contributed by atoms with Gasteiger partial charge in [0.25, 0.3) is 10.0 Å². The molecular weight excluding hydrogens is 266 g/mol. The molecule has 0 heterocycles. The summed E-state index contributed by atoms with van der Waals surface area (Å²) in [7, 11) is -3.86. The lowest BCUT2D eigenvalue weighted by molar-refractivity contribution is 0.154. The molecule has 1 aromatic carbocycles. The molecule has 104 valence electrons. The average Bonchev–Trinajstić information content (AvgIpc) is 2.34. The number of hydrogen-bond donors (Lipinski definition) is 1. The molecule has 0 saturated carbocycles. The molecule has 6 heteroatoms. The number of allylic oxidation sites excluding steroid dienone is 1. The summed E-state index contributed by atoms with van der Waals surface area (Å²) >= 11 is 0. The zero-order valence-electron chi connectivity index (χ0n) is 10.9. The molecule has 1 amide bonds. The van der Waals surface area contributed by atoms with Crippen LogP contribution in [0.5, 0.6) is 0 Å². The van der Waals surface area contributed by atoms with Crippen LogP contribution in [0.25, 0.3) is 0 Å². The van der Waals surface area contributed by atoms with Crippen LogP contribution >= 0.6 is 0 Å². The summed E-state index contributed by atoms with van der Waals surface area (Å²) in [6, 6.07) is 6.19. The molecule has 1 rings (SSSR count). The van der Waals surface area contributed by atoms with Crippen LogP contribution in [-0.4, -0.2) is 21.1 Å². The highest BCUT2D eigenvalue weighted by atomic mass is 32.2. The number of carbonyl (C=O) groups excluding carboxylic acids is 1. The molecule has 0 aliphatic heterocycles. The molecule has 0 bridgehead atoms. The van der Waals surface area contributed by atoms with Crippen LogP contribution < -0.4 is 4.72 Å². The fraction of sp³-hybridized carbons (Fsp3) is 0.308. The van der Waals surface area contributed by atoms with Crippen LogP contribution in [0.15, 0.2) is 41.3 Å². The fourth-order valence-corrected chi connectivity index (χ4v) is 2.19. The third kappa shape index (κ3) is 5.13. The molecule has 5 nitrogen and oxygen atoms in total. The third-order valence-electron chi connectivity index (χ3n) is 2.30. The Hall–Kier alpha value is -1.82. The topological polar surface area (TPSA) is 72.5 Å². The van der Waals surface area contributed by atoms with E-state index in [-0.39, 0.29) is 11.5 Å². The van der Waals surface area contributed by atoms with Crippen LogP contribution in [-0.2, 0) is 14.8 Å². The highest BCUT2D eigenvalue weighted by Crippen LogP contribution is 2.09. The van der Waals surface area contributed by atoms with Crippen LogP contribution in [0.2, 0.25) is 0 Å². The van der Waals surface area contributed by atoms with Gasteiger partial charge in [0.2, 0.25) is 0 Å². The molecule has 0 aromatic heterocycles. The van der Waals surface area contributed by atoms with Gasteiger partial charge in [-0.15, -0.1) is 0 Å². The lowest BCUT2D eigenvalue weighted by Gasteiger charge is -2.07. The molecule has 0 aliphatic carbocycles. The first-order valence-corrected chi connectivity index (χ1v) is 7.31. The number of sulfonamides is 1. The van der Waals surface area contributed by atoms with Crippen molar-refractivity contribution in [3.63, 3.8) is 0 Å². The lowest BCUT2D eigenvalue weighted by Crippen LogP contribution is -2.31. The SMILES string of the molecule is C/C=C/CCOC(=O)NS(=O)(=O)c1ccc(C)cc1. The van der Waals surface area contributed by atoms with Gasteiger partial charge in [-0.3, -0.25) is 0 Å². The van der Waals surface area contributed by atoms with E-state index in [9.17, 15) is 13.2 Å². The lowest BCUT2D eigenvalue weighted by atomic mass is 10.2. The standard InChI is InChI=1S/C13H17NO4S/c1-3-4-5-10-18-13(15)14-19(16,17)12-8-6-11(2)7-9-12/h3-4,6-9H,5,10H2,1-2H3,(H,14,15)/b4-3+. The van der Waals surface area contributed by atoms with Crippen LogP contribution in [0, 0.1) is 6.92 Å². The molecule has 1 N–H and O–H groups in total. The maximum Gasteiger partial charge on any atom is 0.421 e. The number of ether oxygens (including phenoxy) is 1. The van der Waals surface area contributed by atoms with Gasteiger partial charge in [0, 0.05) is 0 Å². The molecular formula is C13H17NO4S. The zero-order chi connectivity index (χ0) is 14.3. The van der Waals surface area contributed by atoms with E-state index in [1.165, 1.54) is 12.1 Å².